The lowest BCUT2D eigenvalue weighted by atomic mass is 9.95. The van der Waals surface area contributed by atoms with Crippen LogP contribution in [0.5, 0.6) is 5.75 Å². The number of nitrogens with zero attached hydrogens (tertiary/aromatic N) is 3. The molecule has 1 saturated heterocycles. The molecule has 0 bridgehead atoms. The Morgan fingerprint density at radius 2 is 1.94 bits per heavy atom. The van der Waals surface area contributed by atoms with E-state index in [0.29, 0.717) is 23.5 Å². The third kappa shape index (κ3) is 4.71. The number of aliphatic hydroxyl groups is 1. The number of halogens is 1. The first-order valence-electron chi connectivity index (χ1n) is 10.7. The van der Waals surface area contributed by atoms with Crippen LogP contribution >= 0.6 is 11.6 Å². The van der Waals surface area contributed by atoms with Crippen LogP contribution in [0.25, 0.3) is 5.76 Å². The number of carbonyl (C=O) groups is 2. The minimum Gasteiger partial charge on any atom is -0.507 e. The number of non-ortho nitro benzene ring substituents is 1. The minimum absolute atomic E-state index is 0.0425. The Kier molecular flexibility index (Phi) is 6.79. The lowest BCUT2D eigenvalue weighted by molar-refractivity contribution is -0.384. The summed E-state index contributed by atoms with van der Waals surface area (Å²) in [5, 5.41) is 22.5. The zero-order valence-corrected chi connectivity index (χ0v) is 19.3. The van der Waals surface area contributed by atoms with Crippen molar-refractivity contribution < 1.29 is 24.4 Å². The number of hydrogen-bond donors (Lipinski definition) is 1. The van der Waals surface area contributed by atoms with Gasteiger partial charge in [-0.15, -0.1) is 0 Å². The van der Waals surface area contributed by atoms with Crippen LogP contribution < -0.4 is 4.74 Å². The summed E-state index contributed by atoms with van der Waals surface area (Å²) >= 11 is 6.27. The number of ether oxygens (including phenoxy) is 1. The molecule has 1 aromatic heterocycles. The monoisotopic (exact) mass is 493 g/mol. The predicted molar refractivity (Wildman–Crippen MR) is 128 cm³/mol. The molecule has 1 unspecified atom stereocenters. The van der Waals surface area contributed by atoms with Gasteiger partial charge in [0.25, 0.3) is 17.4 Å². The number of hydrogen-bond acceptors (Lipinski definition) is 7. The number of carbonyl (C=O) groups excluding carboxylic acids is 2. The van der Waals surface area contributed by atoms with E-state index in [0.717, 1.165) is 0 Å². The first kappa shape index (κ1) is 23.9. The lowest BCUT2D eigenvalue weighted by Crippen LogP contribution is -2.29. The van der Waals surface area contributed by atoms with Gasteiger partial charge in [-0.2, -0.15) is 0 Å². The summed E-state index contributed by atoms with van der Waals surface area (Å²) in [7, 11) is 0. The highest BCUT2D eigenvalue weighted by Crippen LogP contribution is 2.41. The van der Waals surface area contributed by atoms with Crippen LogP contribution in [0.3, 0.4) is 0 Å². The molecular formula is C25H20ClN3O6. The smallest absolute Gasteiger partial charge is 0.295 e. The molecule has 9 nitrogen and oxygen atoms in total. The Balaban J connectivity index is 1.84. The SMILES string of the molecule is CCOc1ccc(C(O)=C2C(=O)C(=O)N(Cc3cccnc3)C2c2ccc([N+](=O)[O-])cc2)cc1Cl. The van der Waals surface area contributed by atoms with Crippen LogP contribution in [-0.4, -0.2) is 38.2 Å². The second kappa shape index (κ2) is 9.94. The number of Topliss-reactive ketones (excluding diaryl/α,β-unsaturated/α-hetero) is 1. The van der Waals surface area contributed by atoms with Crippen molar-refractivity contribution in [2.45, 2.75) is 19.5 Å². The van der Waals surface area contributed by atoms with Gasteiger partial charge in [0.15, 0.2) is 0 Å². The molecule has 1 fully saturated rings. The van der Waals surface area contributed by atoms with Crippen molar-refractivity contribution in [1.29, 1.82) is 0 Å². The van der Waals surface area contributed by atoms with Crippen molar-refractivity contribution in [3.8, 4) is 5.75 Å². The van der Waals surface area contributed by atoms with E-state index in [1.54, 1.807) is 37.5 Å². The number of rotatable bonds is 7. The Hall–Kier alpha value is -4.24. The van der Waals surface area contributed by atoms with Gasteiger partial charge in [-0.25, -0.2) is 0 Å². The van der Waals surface area contributed by atoms with E-state index in [4.69, 9.17) is 16.3 Å². The van der Waals surface area contributed by atoms with Gasteiger partial charge in [0.2, 0.25) is 0 Å². The van der Waals surface area contributed by atoms with E-state index in [1.165, 1.54) is 41.3 Å². The molecule has 2 heterocycles. The van der Waals surface area contributed by atoms with Crippen LogP contribution in [-0.2, 0) is 16.1 Å². The molecule has 0 aliphatic carbocycles. The fourth-order valence-corrected chi connectivity index (χ4v) is 4.17. The van der Waals surface area contributed by atoms with Gasteiger partial charge in [-0.05, 0) is 54.4 Å². The summed E-state index contributed by atoms with van der Waals surface area (Å²) in [5.41, 5.74) is 1.04. The maximum Gasteiger partial charge on any atom is 0.295 e. The van der Waals surface area contributed by atoms with Gasteiger partial charge >= 0.3 is 0 Å². The van der Waals surface area contributed by atoms with Crippen molar-refractivity contribution in [2.24, 2.45) is 0 Å². The summed E-state index contributed by atoms with van der Waals surface area (Å²) in [6, 6.07) is 12.5. The average molecular weight is 494 g/mol. The fourth-order valence-electron chi connectivity index (χ4n) is 3.93. The third-order valence-corrected chi connectivity index (χ3v) is 5.84. The number of benzene rings is 2. The van der Waals surface area contributed by atoms with Gasteiger partial charge in [-0.3, -0.25) is 24.7 Å². The number of aromatic nitrogens is 1. The molecule has 1 N–H and O–H groups in total. The number of ketones is 1. The van der Waals surface area contributed by atoms with Gasteiger partial charge in [0.05, 0.1) is 28.2 Å². The summed E-state index contributed by atoms with van der Waals surface area (Å²) in [5.74, 6) is -1.68. The van der Waals surface area contributed by atoms with Crippen LogP contribution in [0, 0.1) is 10.1 Å². The number of amides is 1. The zero-order chi connectivity index (χ0) is 25.1. The topological polar surface area (TPSA) is 123 Å². The van der Waals surface area contributed by atoms with Gasteiger partial charge in [-0.1, -0.05) is 17.7 Å². The molecular weight excluding hydrogens is 474 g/mol. The van der Waals surface area contributed by atoms with E-state index in [9.17, 15) is 24.8 Å². The molecule has 1 aliphatic heterocycles. The maximum absolute atomic E-state index is 13.1. The Morgan fingerprint density at radius 1 is 1.20 bits per heavy atom. The Bertz CT molecular complexity index is 1320. The standard InChI is InChI=1S/C25H20ClN3O6/c1-2-35-20-10-7-17(12-19(20)26)23(30)21-22(16-5-8-18(9-6-16)29(33)34)28(25(32)24(21)31)14-15-4-3-11-27-13-15/h3-13,22,30H,2,14H2,1H3. The normalized spacial score (nSPS) is 17.0. The molecule has 3 aromatic rings. The van der Waals surface area contributed by atoms with E-state index in [-0.39, 0.29) is 28.4 Å². The van der Waals surface area contributed by atoms with Crippen LogP contribution in [0.4, 0.5) is 5.69 Å². The van der Waals surface area contributed by atoms with Gasteiger partial charge in [0, 0.05) is 36.6 Å². The van der Waals surface area contributed by atoms with Gasteiger partial charge in [0.1, 0.15) is 11.5 Å². The number of aliphatic hydroxyl groups excluding tert-OH is 1. The summed E-state index contributed by atoms with van der Waals surface area (Å²) in [4.78, 5) is 42.1. The van der Waals surface area contributed by atoms with Crippen molar-refractivity contribution in [3.05, 3.63) is 104 Å². The van der Waals surface area contributed by atoms with Crippen LogP contribution in [0.1, 0.15) is 29.7 Å². The zero-order valence-electron chi connectivity index (χ0n) is 18.6. The quantitative estimate of drug-likeness (QED) is 0.167. The van der Waals surface area contributed by atoms with Gasteiger partial charge < -0.3 is 14.7 Å². The van der Waals surface area contributed by atoms with Crippen molar-refractivity contribution in [1.82, 2.24) is 9.88 Å². The van der Waals surface area contributed by atoms with Crippen molar-refractivity contribution in [2.75, 3.05) is 6.61 Å². The minimum atomic E-state index is -0.985. The third-order valence-electron chi connectivity index (χ3n) is 5.54. The molecule has 10 heteroatoms. The van der Waals surface area contributed by atoms with E-state index in [2.05, 4.69) is 4.98 Å². The molecule has 35 heavy (non-hydrogen) atoms. The number of pyridine rings is 1. The highest BCUT2D eigenvalue weighted by atomic mass is 35.5. The maximum atomic E-state index is 13.1. The highest BCUT2D eigenvalue weighted by Gasteiger charge is 2.46. The number of nitro benzene ring substituents is 1. The number of nitro groups is 1. The highest BCUT2D eigenvalue weighted by molar-refractivity contribution is 6.46. The van der Waals surface area contributed by atoms with Crippen molar-refractivity contribution >= 4 is 34.7 Å². The summed E-state index contributed by atoms with van der Waals surface area (Å²) in [6.45, 7) is 2.24. The Morgan fingerprint density at radius 3 is 2.54 bits per heavy atom. The molecule has 1 aliphatic rings. The average Bonchev–Trinajstić information content (AvgIpc) is 3.10. The molecule has 178 valence electrons. The molecule has 2 aromatic carbocycles. The fraction of sp³-hybridized carbons (Fsp3) is 0.160. The van der Waals surface area contributed by atoms with E-state index >= 15 is 0 Å². The first-order chi connectivity index (χ1) is 16.8. The molecule has 4 rings (SSSR count). The summed E-state index contributed by atoms with van der Waals surface area (Å²) in [6.07, 6.45) is 3.15. The second-order valence-electron chi connectivity index (χ2n) is 7.72. The lowest BCUT2D eigenvalue weighted by Gasteiger charge is -2.25. The van der Waals surface area contributed by atoms with Crippen molar-refractivity contribution in [3.63, 3.8) is 0 Å². The number of likely N-dealkylation sites (tertiary alicyclic amines) is 1. The van der Waals surface area contributed by atoms with E-state index < -0.39 is 28.4 Å². The molecule has 0 saturated carbocycles. The Labute approximate surface area is 205 Å². The van der Waals surface area contributed by atoms with Crippen LogP contribution in [0.2, 0.25) is 5.02 Å². The first-order valence-corrected chi connectivity index (χ1v) is 11.0. The molecule has 0 radical (unpaired) electrons. The molecule has 1 atom stereocenters. The van der Waals surface area contributed by atoms with E-state index in [1.807, 2.05) is 0 Å². The predicted octanol–water partition coefficient (Wildman–Crippen LogP) is 4.66. The largest absolute Gasteiger partial charge is 0.507 e. The summed E-state index contributed by atoms with van der Waals surface area (Å²) < 4.78 is 5.42. The molecule has 0 spiro atoms. The second-order valence-corrected chi connectivity index (χ2v) is 8.12. The molecule has 1 amide bonds. The van der Waals surface area contributed by atoms with Crippen LogP contribution in [0.15, 0.2) is 72.6 Å².